The molecule has 2 aliphatic carbocycles. The highest BCUT2D eigenvalue weighted by molar-refractivity contribution is 7.00. The van der Waals surface area contributed by atoms with E-state index in [1.54, 1.807) is 16.7 Å². The fourth-order valence-electron chi connectivity index (χ4n) is 10.0. The van der Waals surface area contributed by atoms with Crippen LogP contribution in [0.15, 0.2) is 91.0 Å². The van der Waals surface area contributed by atoms with Crippen LogP contribution in [0.1, 0.15) is 63.9 Å². The van der Waals surface area contributed by atoms with Crippen LogP contribution in [-0.4, -0.2) is 12.3 Å². The third-order valence-electron chi connectivity index (χ3n) is 11.4. The van der Waals surface area contributed by atoms with Gasteiger partial charge in [0, 0.05) is 33.9 Å². The van der Waals surface area contributed by atoms with Gasteiger partial charge in [-0.1, -0.05) is 86.3 Å². The van der Waals surface area contributed by atoms with E-state index in [4.69, 9.17) is 0 Å². The molecular weight excluding hydrogens is 471 g/mol. The molecule has 0 N–H and O–H groups in total. The summed E-state index contributed by atoms with van der Waals surface area (Å²) < 4.78 is 0. The quantitative estimate of drug-likeness (QED) is 0.234. The average molecular weight is 507 g/mol. The number of fused-ring (bicyclic) bond motifs is 8. The maximum atomic E-state index is 2.89. The first-order chi connectivity index (χ1) is 19.2. The van der Waals surface area contributed by atoms with E-state index in [2.05, 4.69) is 108 Å². The summed E-state index contributed by atoms with van der Waals surface area (Å²) in [7, 11) is 0. The van der Waals surface area contributed by atoms with Crippen LogP contribution in [0.4, 0.5) is 28.4 Å². The van der Waals surface area contributed by atoms with Crippen LogP contribution < -0.4 is 26.2 Å². The highest BCUT2D eigenvalue weighted by Gasteiger charge is 2.65. The summed E-state index contributed by atoms with van der Waals surface area (Å²) in [6.45, 7) is 2.92. The molecule has 0 amide bonds. The topological polar surface area (TPSA) is 6.48 Å². The molecule has 0 radical (unpaired) electrons. The van der Waals surface area contributed by atoms with Crippen molar-refractivity contribution in [3.8, 4) is 0 Å². The minimum atomic E-state index is 0.118. The van der Waals surface area contributed by atoms with Crippen molar-refractivity contribution in [2.24, 2.45) is 5.92 Å². The van der Waals surface area contributed by atoms with Gasteiger partial charge in [-0.15, -0.1) is 0 Å². The van der Waals surface area contributed by atoms with E-state index in [0.717, 1.165) is 5.92 Å². The molecule has 5 aliphatic rings. The van der Waals surface area contributed by atoms with Gasteiger partial charge in [0.1, 0.15) is 0 Å². The molecule has 2 saturated carbocycles. The molecule has 0 aromatic heterocycles. The minimum absolute atomic E-state index is 0.118. The van der Waals surface area contributed by atoms with Crippen LogP contribution in [0.3, 0.4) is 0 Å². The number of rotatable bonds is 2. The Morgan fingerprint density at radius 3 is 2.13 bits per heavy atom. The first-order valence-corrected chi connectivity index (χ1v) is 15.2. The Kier molecular flexibility index (Phi) is 4.48. The predicted molar refractivity (Wildman–Crippen MR) is 165 cm³/mol. The van der Waals surface area contributed by atoms with E-state index >= 15 is 0 Å². The molecule has 0 spiro atoms. The molecule has 2 nitrogen and oxygen atoms in total. The van der Waals surface area contributed by atoms with Crippen molar-refractivity contribution in [1.29, 1.82) is 0 Å². The number of nitrogens with zero attached hydrogens (tertiary/aromatic N) is 2. The maximum absolute atomic E-state index is 2.89. The molecule has 4 aromatic rings. The Balaban J connectivity index is 1.41. The largest absolute Gasteiger partial charge is 0.335 e. The van der Waals surface area contributed by atoms with Crippen molar-refractivity contribution in [3.05, 3.63) is 96.6 Å². The SMILES string of the molecule is CC12CCCCC1(C1CCCC1)c1ccc3c4c1N2c1ccccc1B4c1ccccc1N3c1ccccc1. The molecule has 2 atom stereocenters. The average Bonchev–Trinajstić information content (AvgIpc) is 3.61. The van der Waals surface area contributed by atoms with Crippen LogP contribution >= 0.6 is 0 Å². The monoisotopic (exact) mass is 506 g/mol. The van der Waals surface area contributed by atoms with Crippen LogP contribution in [0.25, 0.3) is 0 Å². The lowest BCUT2D eigenvalue weighted by Crippen LogP contribution is -2.65. The summed E-state index contributed by atoms with van der Waals surface area (Å²) in [5.74, 6) is 0.786. The second-order valence-corrected chi connectivity index (χ2v) is 12.9. The lowest BCUT2D eigenvalue weighted by atomic mass is 9.33. The van der Waals surface area contributed by atoms with Gasteiger partial charge >= 0.3 is 0 Å². The van der Waals surface area contributed by atoms with E-state index < -0.39 is 0 Å². The Morgan fingerprint density at radius 1 is 0.667 bits per heavy atom. The zero-order valence-corrected chi connectivity index (χ0v) is 22.9. The number of para-hydroxylation sites is 3. The van der Waals surface area contributed by atoms with Gasteiger partial charge < -0.3 is 9.80 Å². The van der Waals surface area contributed by atoms with Crippen molar-refractivity contribution in [2.45, 2.75) is 69.2 Å². The normalized spacial score (nSPS) is 26.2. The molecule has 3 aliphatic heterocycles. The molecule has 39 heavy (non-hydrogen) atoms. The number of hydrogen-bond acceptors (Lipinski definition) is 2. The standard InChI is InChI=1S/C36H35BN2/c1-35-23-11-12-24-36(35,25-13-5-6-14-25)27-21-22-32-33-34(27)39(35)31-20-10-8-18-29(31)37(33)28-17-7-9-19-30(28)38(32)26-15-3-2-4-16-26/h2-4,7-10,15-22,25H,5-6,11-14,23-24H2,1H3. The van der Waals surface area contributed by atoms with E-state index in [0.29, 0.717) is 0 Å². The van der Waals surface area contributed by atoms with Gasteiger partial charge in [0.2, 0.25) is 0 Å². The van der Waals surface area contributed by atoms with Crippen molar-refractivity contribution in [2.75, 3.05) is 9.80 Å². The molecule has 2 unspecified atom stereocenters. The summed E-state index contributed by atoms with van der Waals surface area (Å²) in [6.07, 6.45) is 10.9. The van der Waals surface area contributed by atoms with Crippen molar-refractivity contribution in [3.63, 3.8) is 0 Å². The van der Waals surface area contributed by atoms with Crippen LogP contribution in [0.2, 0.25) is 0 Å². The molecular formula is C36H35BN2. The van der Waals surface area contributed by atoms with Gasteiger partial charge in [-0.2, -0.15) is 0 Å². The highest BCUT2D eigenvalue weighted by atomic mass is 15.3. The molecule has 3 heterocycles. The second kappa shape index (κ2) is 7.81. The van der Waals surface area contributed by atoms with Crippen molar-refractivity contribution < 1.29 is 0 Å². The molecule has 0 saturated heterocycles. The Hall–Kier alpha value is -3.46. The van der Waals surface area contributed by atoms with Gasteiger partial charge in [-0.05, 0) is 90.8 Å². The van der Waals surface area contributed by atoms with Gasteiger partial charge in [0.15, 0.2) is 0 Å². The minimum Gasteiger partial charge on any atom is -0.335 e. The van der Waals surface area contributed by atoms with E-state index in [-0.39, 0.29) is 17.7 Å². The van der Waals surface area contributed by atoms with Gasteiger partial charge in [-0.3, -0.25) is 0 Å². The number of hydrogen-bond donors (Lipinski definition) is 0. The van der Waals surface area contributed by atoms with Crippen molar-refractivity contribution in [1.82, 2.24) is 0 Å². The zero-order chi connectivity index (χ0) is 25.8. The second-order valence-electron chi connectivity index (χ2n) is 12.9. The van der Waals surface area contributed by atoms with Crippen LogP contribution in [-0.2, 0) is 5.41 Å². The lowest BCUT2D eigenvalue weighted by Gasteiger charge is -2.56. The fourth-order valence-corrected chi connectivity index (χ4v) is 10.0. The van der Waals surface area contributed by atoms with Gasteiger partial charge in [-0.25, -0.2) is 0 Å². The Bertz CT molecular complexity index is 1620. The Morgan fingerprint density at radius 2 is 1.33 bits per heavy atom. The first kappa shape index (κ1) is 22.4. The fraction of sp³-hybridized carbons (Fsp3) is 0.333. The molecule has 2 fully saturated rings. The molecule has 3 heteroatoms. The van der Waals surface area contributed by atoms with Crippen molar-refractivity contribution >= 4 is 51.5 Å². The lowest BCUT2D eigenvalue weighted by molar-refractivity contribution is 0.108. The third kappa shape index (κ3) is 2.60. The van der Waals surface area contributed by atoms with Gasteiger partial charge in [0.25, 0.3) is 6.71 Å². The van der Waals surface area contributed by atoms with E-state index in [1.165, 1.54) is 85.0 Å². The van der Waals surface area contributed by atoms with Crippen LogP contribution in [0, 0.1) is 5.92 Å². The van der Waals surface area contributed by atoms with E-state index in [9.17, 15) is 0 Å². The summed E-state index contributed by atoms with van der Waals surface area (Å²) in [6, 6.07) is 34.7. The van der Waals surface area contributed by atoms with E-state index in [1.807, 2.05) is 0 Å². The first-order valence-electron chi connectivity index (χ1n) is 15.2. The third-order valence-corrected chi connectivity index (χ3v) is 11.4. The van der Waals surface area contributed by atoms with Crippen LogP contribution in [0.5, 0.6) is 0 Å². The maximum Gasteiger partial charge on any atom is 0.252 e. The predicted octanol–water partition coefficient (Wildman–Crippen LogP) is 7.21. The summed E-state index contributed by atoms with van der Waals surface area (Å²) in [5.41, 5.74) is 13.4. The number of anilines is 5. The highest BCUT2D eigenvalue weighted by Crippen LogP contribution is 2.66. The zero-order valence-electron chi connectivity index (χ0n) is 22.9. The van der Waals surface area contributed by atoms with Gasteiger partial charge in [0.05, 0.1) is 5.54 Å². The summed E-state index contributed by atoms with van der Waals surface area (Å²) in [5, 5.41) is 0. The Labute approximate surface area is 232 Å². The smallest absolute Gasteiger partial charge is 0.252 e. The summed E-state index contributed by atoms with van der Waals surface area (Å²) in [4.78, 5) is 5.43. The summed E-state index contributed by atoms with van der Waals surface area (Å²) >= 11 is 0. The molecule has 9 rings (SSSR count). The number of benzene rings is 4. The molecule has 0 bridgehead atoms. The molecule has 192 valence electrons. The molecule has 4 aromatic carbocycles.